The van der Waals surface area contributed by atoms with E-state index in [2.05, 4.69) is 32.7 Å². The van der Waals surface area contributed by atoms with Crippen LogP contribution in [-0.4, -0.2) is 7.05 Å². The lowest BCUT2D eigenvalue weighted by atomic mass is 9.88. The number of nitrogens with one attached hydrogen (secondary N) is 1. The highest BCUT2D eigenvalue weighted by Gasteiger charge is 2.11. The van der Waals surface area contributed by atoms with E-state index in [9.17, 15) is 0 Å². The van der Waals surface area contributed by atoms with Crippen molar-refractivity contribution in [2.45, 2.75) is 20.8 Å². The lowest BCUT2D eigenvalue weighted by Gasteiger charge is -2.18. The summed E-state index contributed by atoms with van der Waals surface area (Å²) in [4.78, 5) is 0. The van der Waals surface area contributed by atoms with E-state index in [0.29, 0.717) is 0 Å². The molecule has 0 spiro atoms. The summed E-state index contributed by atoms with van der Waals surface area (Å²) in [5.74, 6) is 0. The van der Waals surface area contributed by atoms with Crippen LogP contribution in [-0.2, 0) is 0 Å². The summed E-state index contributed by atoms with van der Waals surface area (Å²) < 4.78 is 0. The molecule has 0 bridgehead atoms. The van der Waals surface area contributed by atoms with Gasteiger partial charge in [0.1, 0.15) is 0 Å². The molecule has 58 valence electrons. The molecule has 0 unspecified atom stereocenters. The molecule has 0 rings (SSSR count). The molecule has 0 aliphatic rings. The smallest absolute Gasteiger partial charge is 0.00277 e. The lowest BCUT2D eigenvalue weighted by Crippen LogP contribution is -2.06. The SMILES string of the molecule is C=C(/C=C\NC)C(C)(C)C. The van der Waals surface area contributed by atoms with Gasteiger partial charge in [-0.25, -0.2) is 0 Å². The van der Waals surface area contributed by atoms with Gasteiger partial charge in [-0.05, 0) is 23.3 Å². The molecular weight excluding hydrogens is 122 g/mol. The zero-order valence-corrected chi connectivity index (χ0v) is 7.36. The van der Waals surface area contributed by atoms with Crippen molar-refractivity contribution in [2.24, 2.45) is 5.41 Å². The minimum absolute atomic E-state index is 0.188. The molecule has 0 fully saturated rings. The van der Waals surface area contributed by atoms with Crippen LogP contribution in [0.1, 0.15) is 20.8 Å². The van der Waals surface area contributed by atoms with Crippen molar-refractivity contribution >= 4 is 0 Å². The third kappa shape index (κ3) is 3.33. The van der Waals surface area contributed by atoms with Crippen LogP contribution in [0.25, 0.3) is 0 Å². The first-order valence-corrected chi connectivity index (χ1v) is 3.51. The predicted octanol–water partition coefficient (Wildman–Crippen LogP) is 2.32. The quantitative estimate of drug-likeness (QED) is 0.579. The Morgan fingerprint density at radius 1 is 1.40 bits per heavy atom. The van der Waals surface area contributed by atoms with Gasteiger partial charge < -0.3 is 5.32 Å². The molecule has 0 aliphatic carbocycles. The molecule has 0 radical (unpaired) electrons. The number of hydrogen-bond acceptors (Lipinski definition) is 1. The largest absolute Gasteiger partial charge is 0.394 e. The monoisotopic (exact) mass is 139 g/mol. The Morgan fingerprint density at radius 2 is 1.90 bits per heavy atom. The number of allylic oxidation sites excluding steroid dienone is 2. The highest BCUT2D eigenvalue weighted by molar-refractivity contribution is 5.20. The van der Waals surface area contributed by atoms with Crippen molar-refractivity contribution < 1.29 is 0 Å². The number of hydrogen-bond donors (Lipinski definition) is 1. The van der Waals surface area contributed by atoms with E-state index in [1.54, 1.807) is 0 Å². The molecular formula is C9H17N. The third-order valence-electron chi connectivity index (χ3n) is 1.41. The summed E-state index contributed by atoms with van der Waals surface area (Å²) in [5, 5.41) is 2.93. The Balaban J connectivity index is 3.98. The lowest BCUT2D eigenvalue weighted by molar-refractivity contribution is 0.518. The first-order chi connectivity index (χ1) is 4.48. The maximum atomic E-state index is 3.94. The van der Waals surface area contributed by atoms with Gasteiger partial charge in [0, 0.05) is 7.05 Å². The second-order valence-electron chi connectivity index (χ2n) is 3.40. The standard InChI is InChI=1S/C9H17N/c1-8(6-7-10-5)9(2,3)4/h6-7,10H,1H2,2-5H3/b7-6-. The van der Waals surface area contributed by atoms with Gasteiger partial charge in [-0.3, -0.25) is 0 Å². The maximum absolute atomic E-state index is 3.94. The Bertz CT molecular complexity index is 137. The molecule has 1 heteroatoms. The molecule has 0 saturated carbocycles. The Morgan fingerprint density at radius 3 is 2.20 bits per heavy atom. The van der Waals surface area contributed by atoms with Gasteiger partial charge in [0.15, 0.2) is 0 Å². The molecule has 0 aromatic heterocycles. The van der Waals surface area contributed by atoms with Gasteiger partial charge in [-0.2, -0.15) is 0 Å². The molecule has 0 saturated heterocycles. The van der Waals surface area contributed by atoms with Crippen LogP contribution in [0.5, 0.6) is 0 Å². The van der Waals surface area contributed by atoms with Crippen molar-refractivity contribution in [2.75, 3.05) is 7.05 Å². The van der Waals surface area contributed by atoms with Crippen LogP contribution in [0.2, 0.25) is 0 Å². The average molecular weight is 139 g/mol. The summed E-state index contributed by atoms with van der Waals surface area (Å²) in [6.07, 6.45) is 3.90. The van der Waals surface area contributed by atoms with E-state index in [-0.39, 0.29) is 5.41 Å². The summed E-state index contributed by atoms with van der Waals surface area (Å²) in [6.45, 7) is 10.4. The van der Waals surface area contributed by atoms with E-state index in [1.165, 1.54) is 0 Å². The summed E-state index contributed by atoms with van der Waals surface area (Å²) in [5.41, 5.74) is 1.33. The van der Waals surface area contributed by atoms with Gasteiger partial charge in [-0.1, -0.05) is 27.4 Å². The van der Waals surface area contributed by atoms with E-state index < -0.39 is 0 Å². The first kappa shape index (κ1) is 9.28. The van der Waals surface area contributed by atoms with Crippen LogP contribution in [0.3, 0.4) is 0 Å². The van der Waals surface area contributed by atoms with Gasteiger partial charge in [0.25, 0.3) is 0 Å². The second kappa shape index (κ2) is 3.45. The summed E-state index contributed by atoms with van der Waals surface area (Å²) in [7, 11) is 1.88. The van der Waals surface area contributed by atoms with Crippen molar-refractivity contribution in [3.05, 3.63) is 24.4 Å². The van der Waals surface area contributed by atoms with Crippen LogP contribution in [0.4, 0.5) is 0 Å². The van der Waals surface area contributed by atoms with Gasteiger partial charge >= 0.3 is 0 Å². The minimum Gasteiger partial charge on any atom is -0.394 e. The average Bonchev–Trinajstić information content (AvgIpc) is 1.80. The highest BCUT2D eigenvalue weighted by Crippen LogP contribution is 2.23. The maximum Gasteiger partial charge on any atom is 0.00277 e. The van der Waals surface area contributed by atoms with E-state index >= 15 is 0 Å². The molecule has 1 nitrogen and oxygen atoms in total. The highest BCUT2D eigenvalue weighted by atomic mass is 14.8. The Hall–Kier alpha value is -0.720. The zero-order valence-electron chi connectivity index (χ0n) is 7.36. The molecule has 0 amide bonds. The van der Waals surface area contributed by atoms with Crippen LogP contribution in [0.15, 0.2) is 24.4 Å². The fraction of sp³-hybridized carbons (Fsp3) is 0.556. The van der Waals surface area contributed by atoms with E-state index in [0.717, 1.165) is 5.57 Å². The van der Waals surface area contributed by atoms with E-state index in [4.69, 9.17) is 0 Å². The molecule has 0 aliphatic heterocycles. The van der Waals surface area contributed by atoms with Crippen molar-refractivity contribution in [3.63, 3.8) is 0 Å². The molecule has 1 N–H and O–H groups in total. The van der Waals surface area contributed by atoms with E-state index in [1.807, 2.05) is 19.3 Å². The predicted molar refractivity (Wildman–Crippen MR) is 46.8 cm³/mol. The second-order valence-corrected chi connectivity index (χ2v) is 3.40. The molecule has 0 atom stereocenters. The van der Waals surface area contributed by atoms with Crippen LogP contribution < -0.4 is 5.32 Å². The third-order valence-corrected chi connectivity index (χ3v) is 1.41. The van der Waals surface area contributed by atoms with Gasteiger partial charge in [-0.15, -0.1) is 0 Å². The number of rotatable bonds is 2. The zero-order chi connectivity index (χ0) is 8.20. The topological polar surface area (TPSA) is 12.0 Å². The fourth-order valence-electron chi connectivity index (χ4n) is 0.434. The molecule has 0 heterocycles. The van der Waals surface area contributed by atoms with Crippen molar-refractivity contribution in [1.29, 1.82) is 0 Å². The van der Waals surface area contributed by atoms with Crippen LogP contribution >= 0.6 is 0 Å². The Kier molecular flexibility index (Phi) is 3.20. The fourth-order valence-corrected chi connectivity index (χ4v) is 0.434. The molecule has 10 heavy (non-hydrogen) atoms. The minimum atomic E-state index is 0.188. The summed E-state index contributed by atoms with van der Waals surface area (Å²) in [6, 6.07) is 0. The summed E-state index contributed by atoms with van der Waals surface area (Å²) >= 11 is 0. The van der Waals surface area contributed by atoms with Crippen molar-refractivity contribution in [3.8, 4) is 0 Å². The molecule has 0 aromatic carbocycles. The normalized spacial score (nSPS) is 12.0. The van der Waals surface area contributed by atoms with Crippen molar-refractivity contribution in [1.82, 2.24) is 5.32 Å². The Labute approximate surface area is 63.8 Å². The first-order valence-electron chi connectivity index (χ1n) is 3.51. The van der Waals surface area contributed by atoms with Gasteiger partial charge in [0.2, 0.25) is 0 Å². The molecule has 0 aromatic rings. The van der Waals surface area contributed by atoms with Gasteiger partial charge in [0.05, 0.1) is 0 Å². The van der Waals surface area contributed by atoms with Crippen LogP contribution in [0, 0.1) is 5.41 Å².